The molecule has 0 aliphatic carbocycles. The summed E-state index contributed by atoms with van der Waals surface area (Å²) in [4.78, 5) is 35.6. The van der Waals surface area contributed by atoms with E-state index in [0.29, 0.717) is 17.8 Å². The van der Waals surface area contributed by atoms with Gasteiger partial charge in [0.05, 0.1) is 11.9 Å². The van der Waals surface area contributed by atoms with Gasteiger partial charge in [0.25, 0.3) is 5.56 Å². The molecule has 30 heavy (non-hydrogen) atoms. The lowest BCUT2D eigenvalue weighted by Crippen LogP contribution is -2.36. The Morgan fingerprint density at radius 1 is 1.17 bits per heavy atom. The van der Waals surface area contributed by atoms with Crippen LogP contribution < -0.4 is 10.9 Å². The molecule has 6 nitrogen and oxygen atoms in total. The number of likely N-dealkylation sites (tertiary alicyclic amines) is 1. The van der Waals surface area contributed by atoms with E-state index in [4.69, 9.17) is 4.98 Å². The Bertz CT molecular complexity index is 1140. The maximum absolute atomic E-state index is 13.5. The van der Waals surface area contributed by atoms with Crippen molar-refractivity contribution in [2.45, 2.75) is 53.1 Å². The van der Waals surface area contributed by atoms with Crippen LogP contribution in [0.25, 0.3) is 10.2 Å². The largest absolute Gasteiger partial charge is 0.324 e. The molecule has 3 aromatic rings. The number of carbonyl (C=O) groups is 1. The zero-order valence-corrected chi connectivity index (χ0v) is 18.8. The number of thiophene rings is 1. The number of benzene rings is 1. The van der Waals surface area contributed by atoms with Gasteiger partial charge in [-0.15, -0.1) is 11.3 Å². The average molecular weight is 425 g/mol. The Morgan fingerprint density at radius 2 is 1.83 bits per heavy atom. The highest BCUT2D eigenvalue weighted by molar-refractivity contribution is 7.18. The summed E-state index contributed by atoms with van der Waals surface area (Å²) in [5.41, 5.74) is 2.69. The van der Waals surface area contributed by atoms with E-state index in [1.165, 1.54) is 0 Å². The molecule has 0 spiro atoms. The second kappa shape index (κ2) is 8.32. The molecule has 7 heteroatoms. The van der Waals surface area contributed by atoms with Crippen LogP contribution in [0.2, 0.25) is 0 Å². The maximum Gasteiger partial charge on any atom is 0.263 e. The van der Waals surface area contributed by atoms with E-state index >= 15 is 0 Å². The fourth-order valence-electron chi connectivity index (χ4n) is 4.00. The number of amides is 1. The minimum Gasteiger partial charge on any atom is -0.324 e. The van der Waals surface area contributed by atoms with E-state index in [0.717, 1.165) is 52.5 Å². The number of aromatic nitrogens is 2. The first kappa shape index (κ1) is 20.8. The van der Waals surface area contributed by atoms with E-state index in [1.54, 1.807) is 22.8 Å². The van der Waals surface area contributed by atoms with Crippen LogP contribution in [0, 0.1) is 20.8 Å². The molecular weight excluding hydrogens is 396 g/mol. The third-order valence-electron chi connectivity index (χ3n) is 5.96. The van der Waals surface area contributed by atoms with Gasteiger partial charge in [-0.05, 0) is 71.3 Å². The molecular formula is C23H28N4O2S. The lowest BCUT2D eigenvalue weighted by molar-refractivity contribution is -0.119. The summed E-state index contributed by atoms with van der Waals surface area (Å²) in [6, 6.07) is 7.00. The Kier molecular flexibility index (Phi) is 5.75. The number of fused-ring (bicyclic) bond motifs is 1. The van der Waals surface area contributed by atoms with Gasteiger partial charge in [-0.2, -0.15) is 0 Å². The van der Waals surface area contributed by atoms with Crippen LogP contribution in [0.1, 0.15) is 47.6 Å². The van der Waals surface area contributed by atoms with Gasteiger partial charge >= 0.3 is 0 Å². The van der Waals surface area contributed by atoms with Gasteiger partial charge in [0, 0.05) is 10.6 Å². The standard InChI is InChI=1S/C23H28N4O2S/c1-14-7-9-18(10-8-14)24-21(28)16(3)27-19(13-26-11-5-6-12-26)25-22-20(23(27)29)15(2)17(4)30-22/h7-10,16H,5-6,11-13H2,1-4H3,(H,24,28). The molecule has 4 rings (SSSR count). The summed E-state index contributed by atoms with van der Waals surface area (Å²) in [5.74, 6) is 0.455. The quantitative estimate of drug-likeness (QED) is 0.667. The summed E-state index contributed by atoms with van der Waals surface area (Å²) in [5, 5.41) is 3.58. The molecule has 3 heterocycles. The van der Waals surface area contributed by atoms with E-state index < -0.39 is 6.04 Å². The van der Waals surface area contributed by atoms with Crippen molar-refractivity contribution >= 4 is 33.1 Å². The Morgan fingerprint density at radius 3 is 2.50 bits per heavy atom. The van der Waals surface area contributed by atoms with Gasteiger partial charge < -0.3 is 5.32 Å². The van der Waals surface area contributed by atoms with Crippen molar-refractivity contribution in [2.75, 3.05) is 18.4 Å². The summed E-state index contributed by atoms with van der Waals surface area (Å²) in [7, 11) is 0. The van der Waals surface area contributed by atoms with Crippen molar-refractivity contribution in [2.24, 2.45) is 0 Å². The molecule has 1 saturated heterocycles. The number of hydrogen-bond donors (Lipinski definition) is 1. The number of nitrogens with one attached hydrogen (secondary N) is 1. The van der Waals surface area contributed by atoms with Crippen LogP contribution in [0.3, 0.4) is 0 Å². The van der Waals surface area contributed by atoms with Gasteiger partial charge in [0.15, 0.2) is 0 Å². The van der Waals surface area contributed by atoms with Gasteiger partial charge in [-0.3, -0.25) is 19.1 Å². The summed E-state index contributed by atoms with van der Waals surface area (Å²) in [6.45, 7) is 10.3. The van der Waals surface area contributed by atoms with E-state index in [1.807, 2.05) is 45.0 Å². The topological polar surface area (TPSA) is 67.2 Å². The fraction of sp³-hybridized carbons (Fsp3) is 0.435. The number of nitrogens with zero attached hydrogens (tertiary/aromatic N) is 3. The third kappa shape index (κ3) is 3.91. The number of aryl methyl sites for hydroxylation is 3. The predicted octanol–water partition coefficient (Wildman–Crippen LogP) is 4.18. The van der Waals surface area contributed by atoms with Crippen molar-refractivity contribution < 1.29 is 4.79 Å². The highest BCUT2D eigenvalue weighted by atomic mass is 32.1. The van der Waals surface area contributed by atoms with Crippen molar-refractivity contribution in [1.82, 2.24) is 14.5 Å². The zero-order valence-electron chi connectivity index (χ0n) is 18.0. The molecule has 1 aliphatic heterocycles. The normalized spacial score (nSPS) is 15.6. The zero-order chi connectivity index (χ0) is 21.4. The molecule has 1 aromatic carbocycles. The molecule has 1 amide bonds. The lowest BCUT2D eigenvalue weighted by Gasteiger charge is -2.22. The third-order valence-corrected chi connectivity index (χ3v) is 7.06. The first-order valence-corrected chi connectivity index (χ1v) is 11.3. The minimum atomic E-state index is -0.659. The number of anilines is 1. The second-order valence-corrected chi connectivity index (χ2v) is 9.38. The maximum atomic E-state index is 13.5. The molecule has 0 saturated carbocycles. The number of rotatable bonds is 5. The highest BCUT2D eigenvalue weighted by Gasteiger charge is 2.25. The number of carbonyl (C=O) groups excluding carboxylic acids is 1. The molecule has 1 unspecified atom stereocenters. The summed E-state index contributed by atoms with van der Waals surface area (Å²) >= 11 is 1.55. The summed E-state index contributed by atoms with van der Waals surface area (Å²) in [6.07, 6.45) is 2.32. The van der Waals surface area contributed by atoms with Crippen molar-refractivity contribution in [3.63, 3.8) is 0 Å². The van der Waals surface area contributed by atoms with Crippen LogP contribution >= 0.6 is 11.3 Å². The van der Waals surface area contributed by atoms with Crippen LogP contribution in [0.5, 0.6) is 0 Å². The molecule has 158 valence electrons. The van der Waals surface area contributed by atoms with Gasteiger partial charge in [0.2, 0.25) is 5.91 Å². The Labute approximate surface area is 180 Å². The highest BCUT2D eigenvalue weighted by Crippen LogP contribution is 2.28. The Hall–Kier alpha value is -2.51. The lowest BCUT2D eigenvalue weighted by atomic mass is 10.2. The average Bonchev–Trinajstić information content (AvgIpc) is 3.31. The molecule has 0 radical (unpaired) electrons. The van der Waals surface area contributed by atoms with E-state index in [-0.39, 0.29) is 11.5 Å². The molecule has 1 fully saturated rings. The van der Waals surface area contributed by atoms with Gasteiger partial charge in [0.1, 0.15) is 16.7 Å². The number of hydrogen-bond acceptors (Lipinski definition) is 5. The minimum absolute atomic E-state index is 0.123. The monoisotopic (exact) mass is 424 g/mol. The van der Waals surface area contributed by atoms with Crippen LogP contribution in [-0.2, 0) is 11.3 Å². The van der Waals surface area contributed by atoms with E-state index in [9.17, 15) is 9.59 Å². The molecule has 2 aromatic heterocycles. The molecule has 1 aliphatic rings. The Balaban J connectivity index is 1.75. The van der Waals surface area contributed by atoms with Gasteiger partial charge in [-0.25, -0.2) is 4.98 Å². The summed E-state index contributed by atoms with van der Waals surface area (Å²) < 4.78 is 1.60. The molecule has 1 N–H and O–H groups in total. The van der Waals surface area contributed by atoms with Gasteiger partial charge in [-0.1, -0.05) is 17.7 Å². The first-order chi connectivity index (χ1) is 14.3. The van der Waals surface area contributed by atoms with Crippen LogP contribution in [0.15, 0.2) is 29.1 Å². The predicted molar refractivity (Wildman–Crippen MR) is 122 cm³/mol. The first-order valence-electron chi connectivity index (χ1n) is 10.5. The fourth-order valence-corrected chi connectivity index (χ4v) is 5.04. The smallest absolute Gasteiger partial charge is 0.263 e. The van der Waals surface area contributed by atoms with Crippen molar-refractivity contribution in [3.8, 4) is 0 Å². The van der Waals surface area contributed by atoms with E-state index in [2.05, 4.69) is 10.2 Å². The van der Waals surface area contributed by atoms with Crippen LogP contribution in [0.4, 0.5) is 5.69 Å². The SMILES string of the molecule is Cc1ccc(NC(=O)C(C)n2c(CN3CCCC3)nc3sc(C)c(C)c3c2=O)cc1. The van der Waals surface area contributed by atoms with Crippen LogP contribution in [-0.4, -0.2) is 33.4 Å². The van der Waals surface area contributed by atoms with Crippen molar-refractivity contribution in [1.29, 1.82) is 0 Å². The second-order valence-electron chi connectivity index (χ2n) is 8.18. The van der Waals surface area contributed by atoms with Crippen molar-refractivity contribution in [3.05, 3.63) is 56.4 Å². The molecule has 1 atom stereocenters. The molecule has 0 bridgehead atoms.